The molecule has 0 aromatic carbocycles. The number of Topliss-reactive ketones (excluding diaryl/α,β-unsaturated/α-hetero) is 2. The molecule has 4 fully saturated rings. The Labute approximate surface area is 438 Å². The Hall–Kier alpha value is -2.52. The molecule has 0 unspecified atom stereocenters. The molecule has 4 aliphatic rings. The van der Waals surface area contributed by atoms with Crippen molar-refractivity contribution in [3.05, 3.63) is 0 Å². The predicted octanol–water partition coefficient (Wildman–Crippen LogP) is -14.8. The first-order valence-corrected chi connectivity index (χ1v) is 24.6. The van der Waals surface area contributed by atoms with Gasteiger partial charge in [0.25, 0.3) is 0 Å². The lowest BCUT2D eigenvalue weighted by molar-refractivity contribution is -0.363. The van der Waals surface area contributed by atoms with E-state index in [0.29, 0.717) is 0 Å². The van der Waals surface area contributed by atoms with Crippen LogP contribution in [0.15, 0.2) is 0 Å². The molecule has 28 N–H and O–H groups in total. The van der Waals surface area contributed by atoms with Gasteiger partial charge in [-0.1, -0.05) is 6.42 Å². The molecule has 4 heterocycles. The smallest absolute Gasteiger partial charge is 0.248 e. The van der Waals surface area contributed by atoms with Crippen LogP contribution in [0.2, 0.25) is 0 Å². The highest BCUT2D eigenvalue weighted by atomic mass is 16.8. The lowest BCUT2D eigenvalue weighted by Gasteiger charge is -2.52. The second-order valence-electron chi connectivity index (χ2n) is 19.3. The van der Waals surface area contributed by atoms with Crippen LogP contribution in [0, 0.1) is 0 Å². The number of carbonyl (C=O) groups excluding carboxylic acids is 4. The van der Waals surface area contributed by atoms with E-state index in [2.05, 4.69) is 0 Å². The van der Waals surface area contributed by atoms with Gasteiger partial charge >= 0.3 is 0 Å². The van der Waals surface area contributed by atoms with E-state index in [0.717, 1.165) is 0 Å². The second kappa shape index (κ2) is 29.5. The fraction of sp³-hybridized carbons (Fsp3) is 0.907. The van der Waals surface area contributed by atoms with Gasteiger partial charge in [0.2, 0.25) is 11.6 Å². The minimum atomic E-state index is -3.06. The SMILES string of the molecule is N[C@H]1[C@H](O[C@H]2[C@H](O)[C@@H](N)[C@](O[C@@H]([C@H](O)[C@@H](N)C=O)[C@H](O)CO)(C(=O)CCCCCC(=O)[C@]3(O[C@@H]([C@H](O)[C@@H](N)C=O)[C@H](O)CO)O[C@H](CO)[C@@H](O[C@@H]4O[C@H](CO)[C@@H](O)[C@H](O)[C@H]4N)[C@H](O)[C@H]3N)O[C@@H]2CO)O[C@H](CO)[C@@H](O)[C@@H]1O. The van der Waals surface area contributed by atoms with Crippen LogP contribution >= 0.6 is 0 Å². The number of aldehydes is 2. The topological polar surface area (TPSA) is 622 Å². The van der Waals surface area contributed by atoms with Gasteiger partial charge in [-0.25, -0.2) is 0 Å². The van der Waals surface area contributed by atoms with Crippen molar-refractivity contribution in [3.8, 4) is 0 Å². The number of hydrogen-bond donors (Lipinski definition) is 22. The van der Waals surface area contributed by atoms with Gasteiger partial charge < -0.3 is 164 Å². The zero-order chi connectivity index (χ0) is 58.0. The van der Waals surface area contributed by atoms with E-state index in [1.807, 2.05) is 0 Å². The number of unbranched alkanes of at least 4 members (excludes halogenated alkanes) is 2. The summed E-state index contributed by atoms with van der Waals surface area (Å²) in [6, 6.07) is -11.2. The van der Waals surface area contributed by atoms with E-state index in [4.69, 9.17) is 72.3 Å². The van der Waals surface area contributed by atoms with Crippen molar-refractivity contribution in [1.29, 1.82) is 0 Å². The Balaban J connectivity index is 1.65. The Kier molecular flexibility index (Phi) is 25.6. The third kappa shape index (κ3) is 14.4. The predicted molar refractivity (Wildman–Crippen MR) is 248 cm³/mol. The fourth-order valence-electron chi connectivity index (χ4n) is 9.33. The average molecular weight is 1130 g/mol. The first-order valence-electron chi connectivity index (χ1n) is 24.6. The molecule has 448 valence electrons. The van der Waals surface area contributed by atoms with E-state index < -0.39 is 234 Å². The van der Waals surface area contributed by atoms with Gasteiger partial charge in [0.15, 0.2) is 24.1 Å². The molecule has 0 aromatic rings. The first-order chi connectivity index (χ1) is 36.3. The molecule has 4 aliphatic heterocycles. The molecule has 4 rings (SSSR count). The molecule has 77 heavy (non-hydrogen) atoms. The van der Waals surface area contributed by atoms with Crippen LogP contribution in [0.5, 0.6) is 0 Å². The largest absolute Gasteiger partial charge is 0.394 e. The van der Waals surface area contributed by atoms with E-state index in [-0.39, 0.29) is 31.8 Å². The minimum absolute atomic E-state index is 0.0273. The first kappa shape index (κ1) is 67.0. The average Bonchev–Trinajstić information content (AvgIpc) is 3.43. The summed E-state index contributed by atoms with van der Waals surface area (Å²) in [5, 5.41) is 169. The molecule has 0 saturated carbocycles. The van der Waals surface area contributed by atoms with Crippen molar-refractivity contribution in [2.24, 2.45) is 34.4 Å². The van der Waals surface area contributed by atoms with Gasteiger partial charge in [-0.2, -0.15) is 0 Å². The van der Waals surface area contributed by atoms with Gasteiger partial charge in [-0.15, -0.1) is 0 Å². The molecule has 0 aliphatic carbocycles. The van der Waals surface area contributed by atoms with Gasteiger partial charge in [0, 0.05) is 12.8 Å². The zero-order valence-electron chi connectivity index (χ0n) is 41.5. The lowest BCUT2D eigenvalue weighted by Crippen LogP contribution is -2.75. The quantitative estimate of drug-likeness (QED) is 0.0235. The Bertz CT molecular complexity index is 1730. The maximum absolute atomic E-state index is 14.6. The van der Waals surface area contributed by atoms with Crippen molar-refractivity contribution in [3.63, 3.8) is 0 Å². The standard InChI is InChI=1S/C43H78N6O28/c44-14(6-50)26(62)34(16(58)8-52)76-42(38(48)32(68)36(20(12-56)74-42)72-40-24(46)30(66)28(64)18(10-54)70-40)22(60)4-2-1-3-5-23(61)43(77-35(17(59)9-53)27(63)15(45)7-51)39(49)33(69)37(21(13-57)75-43)73-41-25(47)31(67)29(65)19(11-55)71-41/h6-7,14-21,24-41,52-59,62-69H,1-5,8-13,44-49H2/t14-,15-,16+,17+,18+,19+,20+,21+,24+,25+,26+,27+,28+,29+,30+,31+,32-,33-,34+,35+,36+,37+,38+,39+,40-,41-,42+,43+/m0/s1. The minimum Gasteiger partial charge on any atom is -0.394 e. The molecular formula is C43H78N6O28. The van der Waals surface area contributed by atoms with Crippen LogP contribution < -0.4 is 34.4 Å². The van der Waals surface area contributed by atoms with E-state index in [9.17, 15) is 101 Å². The van der Waals surface area contributed by atoms with Crippen LogP contribution in [0.1, 0.15) is 32.1 Å². The van der Waals surface area contributed by atoms with Crippen molar-refractivity contribution < 1.29 is 139 Å². The highest BCUT2D eigenvalue weighted by molar-refractivity contribution is 5.88. The summed E-state index contributed by atoms with van der Waals surface area (Å²) in [6.07, 6.45) is -40.6. The number of carbonyl (C=O) groups is 4. The van der Waals surface area contributed by atoms with Gasteiger partial charge in [0.1, 0.15) is 122 Å². The number of aliphatic hydroxyl groups excluding tert-OH is 16. The zero-order valence-corrected chi connectivity index (χ0v) is 41.5. The van der Waals surface area contributed by atoms with Crippen molar-refractivity contribution in [1.82, 2.24) is 0 Å². The molecule has 0 bridgehead atoms. The highest BCUT2D eigenvalue weighted by Crippen LogP contribution is 2.40. The summed E-state index contributed by atoms with van der Waals surface area (Å²) in [4.78, 5) is 52.4. The summed E-state index contributed by atoms with van der Waals surface area (Å²) in [7, 11) is 0. The van der Waals surface area contributed by atoms with Crippen molar-refractivity contribution in [2.75, 3.05) is 39.6 Å². The summed E-state index contributed by atoms with van der Waals surface area (Å²) < 4.78 is 46.1. The third-order valence-corrected chi connectivity index (χ3v) is 14.1. The fourth-order valence-corrected chi connectivity index (χ4v) is 9.33. The molecule has 28 atom stereocenters. The van der Waals surface area contributed by atoms with E-state index in [1.54, 1.807) is 0 Å². The van der Waals surface area contributed by atoms with Gasteiger partial charge in [-0.3, -0.25) is 9.59 Å². The van der Waals surface area contributed by atoms with Gasteiger partial charge in [-0.05, 0) is 12.8 Å². The van der Waals surface area contributed by atoms with Crippen molar-refractivity contribution >= 4 is 24.1 Å². The van der Waals surface area contributed by atoms with Crippen LogP contribution in [-0.2, 0) is 57.1 Å². The van der Waals surface area contributed by atoms with E-state index in [1.165, 1.54) is 0 Å². The second-order valence-corrected chi connectivity index (χ2v) is 19.3. The number of ketones is 2. The number of aliphatic hydroxyl groups is 16. The third-order valence-electron chi connectivity index (χ3n) is 14.1. The summed E-state index contributed by atoms with van der Waals surface area (Å²) in [5.74, 6) is -8.55. The Morgan fingerprint density at radius 1 is 0.506 bits per heavy atom. The van der Waals surface area contributed by atoms with Crippen LogP contribution in [-0.4, -0.2) is 316 Å². The highest BCUT2D eigenvalue weighted by Gasteiger charge is 2.63. The summed E-state index contributed by atoms with van der Waals surface area (Å²) in [5.41, 5.74) is 36.4. The molecule has 34 nitrogen and oxygen atoms in total. The Morgan fingerprint density at radius 2 is 0.831 bits per heavy atom. The maximum Gasteiger partial charge on any atom is 0.248 e. The van der Waals surface area contributed by atoms with Crippen LogP contribution in [0.4, 0.5) is 0 Å². The number of ether oxygens (including phenoxy) is 8. The van der Waals surface area contributed by atoms with E-state index >= 15 is 0 Å². The molecule has 34 heteroatoms. The van der Waals surface area contributed by atoms with Crippen LogP contribution in [0.3, 0.4) is 0 Å². The van der Waals surface area contributed by atoms with Crippen molar-refractivity contribution in [2.45, 2.75) is 202 Å². The summed E-state index contributed by atoms with van der Waals surface area (Å²) >= 11 is 0. The molecule has 0 amide bonds. The van der Waals surface area contributed by atoms with Gasteiger partial charge in [0.05, 0.1) is 75.9 Å². The lowest BCUT2D eigenvalue weighted by atomic mass is 9.85. The number of rotatable bonds is 30. The number of hydrogen-bond acceptors (Lipinski definition) is 34. The van der Waals surface area contributed by atoms with Crippen LogP contribution in [0.25, 0.3) is 0 Å². The molecule has 0 radical (unpaired) electrons. The Morgan fingerprint density at radius 3 is 1.12 bits per heavy atom. The molecule has 0 aromatic heterocycles. The molecule has 0 spiro atoms. The molecular weight excluding hydrogens is 1050 g/mol. The molecule has 4 saturated heterocycles. The monoisotopic (exact) mass is 1130 g/mol. The normalized spacial score (nSPS) is 41.1. The number of nitrogens with two attached hydrogens (primary N) is 6. The summed E-state index contributed by atoms with van der Waals surface area (Å²) in [6.45, 7) is -6.40. The maximum atomic E-state index is 14.6.